The minimum atomic E-state index is -0.262. The van der Waals surface area contributed by atoms with Crippen molar-refractivity contribution < 1.29 is 14.3 Å². The molecule has 5 heteroatoms. The van der Waals surface area contributed by atoms with Gasteiger partial charge in [-0.25, -0.2) is 0 Å². The number of ether oxygens (including phenoxy) is 1. The highest BCUT2D eigenvalue weighted by Gasteiger charge is 2.07. The molecule has 0 aromatic heterocycles. The van der Waals surface area contributed by atoms with E-state index in [1.807, 2.05) is 0 Å². The quantitative estimate of drug-likeness (QED) is 0.463. The van der Waals surface area contributed by atoms with Crippen molar-refractivity contribution >= 4 is 35.6 Å². The Balaban J connectivity index is 2.63. The van der Waals surface area contributed by atoms with Crippen molar-refractivity contribution in [1.29, 1.82) is 0 Å². The molecule has 0 amide bonds. The van der Waals surface area contributed by atoms with Crippen molar-refractivity contribution in [3.05, 3.63) is 28.8 Å². The van der Waals surface area contributed by atoms with E-state index in [1.165, 1.54) is 18.9 Å². The third kappa shape index (κ3) is 3.54. The van der Waals surface area contributed by atoms with Gasteiger partial charge in [0.25, 0.3) is 0 Å². The molecule has 0 aliphatic rings. The minimum Gasteiger partial charge on any atom is -0.469 e. The summed E-state index contributed by atoms with van der Waals surface area (Å²) in [6.07, 6.45) is 1.04. The second-order valence-electron chi connectivity index (χ2n) is 2.94. The molecule has 1 rings (SSSR count). The molecule has 0 aliphatic heterocycles. The van der Waals surface area contributed by atoms with Crippen LogP contribution < -0.4 is 0 Å². The number of benzene rings is 1. The van der Waals surface area contributed by atoms with E-state index in [9.17, 15) is 9.59 Å². The summed E-state index contributed by atoms with van der Waals surface area (Å²) in [5.74, 6) is 0.301. The first-order valence-corrected chi connectivity index (χ1v) is 5.98. The number of carbonyl (C=O) groups is 2. The van der Waals surface area contributed by atoms with Crippen molar-refractivity contribution in [2.75, 3.05) is 12.9 Å². The lowest BCUT2D eigenvalue weighted by atomic mass is 10.2. The van der Waals surface area contributed by atoms with Gasteiger partial charge >= 0.3 is 5.97 Å². The van der Waals surface area contributed by atoms with Crippen molar-refractivity contribution in [3.8, 4) is 0 Å². The van der Waals surface area contributed by atoms with Gasteiger partial charge in [-0.3, -0.25) is 9.59 Å². The number of carbonyl (C=O) groups excluding carboxylic acids is 2. The van der Waals surface area contributed by atoms with Crippen LogP contribution in [0, 0.1) is 0 Å². The first-order valence-electron chi connectivity index (χ1n) is 4.62. The number of rotatable bonds is 5. The fourth-order valence-corrected chi connectivity index (χ4v) is 2.36. The molecule has 0 spiro atoms. The summed E-state index contributed by atoms with van der Waals surface area (Å²) >= 11 is 7.28. The summed E-state index contributed by atoms with van der Waals surface area (Å²) in [6.45, 7) is 0. The molecule has 0 unspecified atom stereocenters. The SMILES string of the molecule is COC(=O)CCSc1cccc(Cl)c1C=O. The molecule has 0 fully saturated rings. The molecule has 0 bridgehead atoms. The first kappa shape index (κ1) is 13.1. The number of esters is 1. The lowest BCUT2D eigenvalue weighted by Crippen LogP contribution is -2.01. The van der Waals surface area contributed by atoms with E-state index in [-0.39, 0.29) is 5.97 Å². The van der Waals surface area contributed by atoms with Gasteiger partial charge in [-0.05, 0) is 12.1 Å². The van der Waals surface area contributed by atoms with E-state index in [0.29, 0.717) is 22.8 Å². The maximum Gasteiger partial charge on any atom is 0.306 e. The molecule has 86 valence electrons. The maximum atomic E-state index is 10.9. The van der Waals surface area contributed by atoms with Gasteiger partial charge in [-0.2, -0.15) is 0 Å². The molecule has 0 aliphatic carbocycles. The first-order chi connectivity index (χ1) is 7.69. The van der Waals surface area contributed by atoms with Crippen molar-refractivity contribution in [1.82, 2.24) is 0 Å². The maximum absolute atomic E-state index is 10.9. The van der Waals surface area contributed by atoms with Crippen LogP contribution in [0.1, 0.15) is 16.8 Å². The standard InChI is InChI=1S/C11H11ClO3S/c1-15-11(14)5-6-16-10-4-2-3-9(12)8(10)7-13/h2-4,7H,5-6H2,1H3. The van der Waals surface area contributed by atoms with E-state index < -0.39 is 0 Å². The third-order valence-corrected chi connectivity index (χ3v) is 3.33. The van der Waals surface area contributed by atoms with Crippen LogP contribution in [0.15, 0.2) is 23.1 Å². The fourth-order valence-electron chi connectivity index (χ4n) is 1.10. The van der Waals surface area contributed by atoms with E-state index >= 15 is 0 Å². The molecule has 0 saturated heterocycles. The van der Waals surface area contributed by atoms with E-state index in [1.54, 1.807) is 18.2 Å². The van der Waals surface area contributed by atoms with Gasteiger partial charge in [0.05, 0.1) is 18.6 Å². The Bertz CT molecular complexity index is 393. The van der Waals surface area contributed by atoms with Gasteiger partial charge in [0.1, 0.15) is 0 Å². The van der Waals surface area contributed by atoms with Crippen LogP contribution in [0.5, 0.6) is 0 Å². The Morgan fingerprint density at radius 3 is 2.94 bits per heavy atom. The predicted octanol–water partition coefficient (Wildman–Crippen LogP) is 2.81. The summed E-state index contributed by atoms with van der Waals surface area (Å²) in [7, 11) is 1.35. The Morgan fingerprint density at radius 1 is 1.56 bits per heavy atom. The average molecular weight is 259 g/mol. The van der Waals surface area contributed by atoms with Crippen LogP contribution in [0.4, 0.5) is 0 Å². The summed E-state index contributed by atoms with van der Waals surface area (Å²) in [6, 6.07) is 5.24. The Labute approximate surface area is 103 Å². The van der Waals surface area contributed by atoms with Crippen LogP contribution in [0.3, 0.4) is 0 Å². The molecule has 0 atom stereocenters. The predicted molar refractivity (Wildman–Crippen MR) is 64.2 cm³/mol. The van der Waals surface area contributed by atoms with Gasteiger partial charge in [0.15, 0.2) is 6.29 Å². The van der Waals surface area contributed by atoms with Crippen LogP contribution in [0.2, 0.25) is 5.02 Å². The lowest BCUT2D eigenvalue weighted by molar-refractivity contribution is -0.140. The van der Waals surface area contributed by atoms with Crippen LogP contribution in [-0.4, -0.2) is 25.1 Å². The van der Waals surface area contributed by atoms with Gasteiger partial charge in [-0.15, -0.1) is 11.8 Å². The van der Waals surface area contributed by atoms with Gasteiger partial charge < -0.3 is 4.74 Å². The summed E-state index contributed by atoms with van der Waals surface area (Å²) in [5.41, 5.74) is 0.471. The highest BCUT2D eigenvalue weighted by atomic mass is 35.5. The number of thioether (sulfide) groups is 1. The average Bonchev–Trinajstić information content (AvgIpc) is 2.29. The second kappa shape index (κ2) is 6.55. The van der Waals surface area contributed by atoms with Crippen LogP contribution in [-0.2, 0) is 9.53 Å². The molecule has 0 saturated carbocycles. The number of aldehydes is 1. The molecule has 0 radical (unpaired) electrons. The zero-order valence-corrected chi connectivity index (χ0v) is 10.3. The van der Waals surface area contributed by atoms with E-state index in [2.05, 4.69) is 4.74 Å². The van der Waals surface area contributed by atoms with Gasteiger partial charge in [-0.1, -0.05) is 17.7 Å². The van der Waals surface area contributed by atoms with Crippen molar-refractivity contribution in [3.63, 3.8) is 0 Å². The molecule has 0 heterocycles. The number of hydrogen-bond acceptors (Lipinski definition) is 4. The monoisotopic (exact) mass is 258 g/mol. The normalized spacial score (nSPS) is 9.88. The fraction of sp³-hybridized carbons (Fsp3) is 0.273. The molecule has 1 aromatic carbocycles. The Hall–Kier alpha value is -1.00. The van der Waals surface area contributed by atoms with E-state index in [0.717, 1.165) is 11.2 Å². The smallest absolute Gasteiger partial charge is 0.306 e. The summed E-state index contributed by atoms with van der Waals surface area (Å²) < 4.78 is 4.52. The highest BCUT2D eigenvalue weighted by molar-refractivity contribution is 7.99. The largest absolute Gasteiger partial charge is 0.469 e. The van der Waals surface area contributed by atoms with Gasteiger partial charge in [0.2, 0.25) is 0 Å². The molecular weight excluding hydrogens is 248 g/mol. The topological polar surface area (TPSA) is 43.4 Å². The van der Waals surface area contributed by atoms with Crippen molar-refractivity contribution in [2.45, 2.75) is 11.3 Å². The lowest BCUT2D eigenvalue weighted by Gasteiger charge is -2.05. The van der Waals surface area contributed by atoms with Gasteiger partial charge in [0, 0.05) is 16.2 Å². The third-order valence-electron chi connectivity index (χ3n) is 1.92. The minimum absolute atomic E-state index is 0.262. The molecule has 0 N–H and O–H groups in total. The van der Waals surface area contributed by atoms with E-state index in [4.69, 9.17) is 11.6 Å². The molecule has 16 heavy (non-hydrogen) atoms. The van der Waals surface area contributed by atoms with Crippen molar-refractivity contribution in [2.24, 2.45) is 0 Å². The number of methoxy groups -OCH3 is 1. The van der Waals surface area contributed by atoms with Crippen LogP contribution >= 0.6 is 23.4 Å². The summed E-state index contributed by atoms with van der Waals surface area (Å²) in [5, 5.41) is 0.429. The molecule has 1 aromatic rings. The number of hydrogen-bond donors (Lipinski definition) is 0. The Kier molecular flexibility index (Phi) is 5.35. The van der Waals surface area contributed by atoms with Crippen LogP contribution in [0.25, 0.3) is 0 Å². The zero-order valence-electron chi connectivity index (χ0n) is 8.73. The second-order valence-corrected chi connectivity index (χ2v) is 4.49. The Morgan fingerprint density at radius 2 is 2.31 bits per heavy atom. The molecule has 3 nitrogen and oxygen atoms in total. The summed E-state index contributed by atoms with van der Waals surface area (Å²) in [4.78, 5) is 22.5. The zero-order chi connectivity index (χ0) is 12.0. The number of halogens is 1. The highest BCUT2D eigenvalue weighted by Crippen LogP contribution is 2.27. The molecular formula is C11H11ClO3S.